The van der Waals surface area contributed by atoms with Crippen LogP contribution < -0.4 is 0 Å². The van der Waals surface area contributed by atoms with Crippen LogP contribution in [0, 0.1) is 6.92 Å². The third-order valence-corrected chi connectivity index (χ3v) is 5.95. The van der Waals surface area contributed by atoms with Gasteiger partial charge in [-0.2, -0.15) is 0 Å². The monoisotopic (exact) mass is 389 g/mol. The fourth-order valence-corrected chi connectivity index (χ4v) is 4.19. The molecule has 3 aromatic rings. The predicted octanol–water partition coefficient (Wildman–Crippen LogP) is 3.95. The summed E-state index contributed by atoms with van der Waals surface area (Å²) < 4.78 is 2.32. The molecule has 1 aliphatic rings. The van der Waals surface area contributed by atoms with Gasteiger partial charge in [-0.1, -0.05) is 43.3 Å². The molecule has 5 heteroatoms. The van der Waals surface area contributed by atoms with Gasteiger partial charge in [0.05, 0.1) is 23.4 Å². The lowest BCUT2D eigenvalue weighted by atomic mass is 10.1. The summed E-state index contributed by atoms with van der Waals surface area (Å²) in [6.45, 7) is 9.82. The first-order chi connectivity index (χ1) is 14.2. The van der Waals surface area contributed by atoms with Crippen molar-refractivity contribution >= 4 is 0 Å². The van der Waals surface area contributed by atoms with Gasteiger partial charge in [0.1, 0.15) is 0 Å². The molecular weight excluding hydrogens is 358 g/mol. The normalized spacial score (nSPS) is 16.8. The number of hydrogen-bond acceptors (Lipinski definition) is 4. The highest BCUT2D eigenvalue weighted by molar-refractivity contribution is 5.76. The number of hydrogen-bond donors (Lipinski definition) is 0. The van der Waals surface area contributed by atoms with Gasteiger partial charge in [-0.15, -0.1) is 0 Å². The van der Waals surface area contributed by atoms with Gasteiger partial charge >= 0.3 is 0 Å². The second-order valence-corrected chi connectivity index (χ2v) is 8.03. The molecule has 152 valence electrons. The van der Waals surface area contributed by atoms with E-state index < -0.39 is 0 Å². The molecule has 2 aromatic heterocycles. The molecule has 29 heavy (non-hydrogen) atoms. The molecule has 3 heterocycles. The quantitative estimate of drug-likeness (QED) is 0.640. The highest BCUT2D eigenvalue weighted by Crippen LogP contribution is 2.31. The van der Waals surface area contributed by atoms with Crippen LogP contribution in [-0.2, 0) is 6.54 Å². The van der Waals surface area contributed by atoms with E-state index in [1.807, 2.05) is 25.4 Å². The second-order valence-electron chi connectivity index (χ2n) is 8.03. The highest BCUT2D eigenvalue weighted by atomic mass is 15.3. The van der Waals surface area contributed by atoms with Crippen molar-refractivity contribution in [2.75, 3.05) is 33.2 Å². The Morgan fingerprint density at radius 1 is 0.966 bits per heavy atom. The van der Waals surface area contributed by atoms with E-state index in [0.717, 1.165) is 67.5 Å². The summed E-state index contributed by atoms with van der Waals surface area (Å²) in [7, 11) is 2.21. The van der Waals surface area contributed by atoms with Crippen LogP contribution in [0.5, 0.6) is 0 Å². The smallest absolute Gasteiger partial charge is 0.0979 e. The molecule has 1 saturated heterocycles. The molecule has 0 spiro atoms. The molecule has 0 N–H and O–H groups in total. The average molecular weight is 390 g/mol. The highest BCUT2D eigenvalue weighted by Gasteiger charge is 2.24. The van der Waals surface area contributed by atoms with Gasteiger partial charge in [-0.3, -0.25) is 9.88 Å². The van der Waals surface area contributed by atoms with E-state index in [-0.39, 0.29) is 0 Å². The van der Waals surface area contributed by atoms with Crippen LogP contribution >= 0.6 is 0 Å². The third kappa shape index (κ3) is 4.41. The van der Waals surface area contributed by atoms with Crippen molar-refractivity contribution in [3.63, 3.8) is 0 Å². The summed E-state index contributed by atoms with van der Waals surface area (Å²) >= 11 is 0. The molecule has 4 rings (SSSR count). The van der Waals surface area contributed by atoms with Gasteiger partial charge in [-0.05, 0) is 32.5 Å². The molecule has 0 saturated carbocycles. The summed E-state index contributed by atoms with van der Waals surface area (Å²) in [5.41, 5.74) is 5.29. The van der Waals surface area contributed by atoms with E-state index in [2.05, 4.69) is 64.7 Å². The molecule has 1 aliphatic heterocycles. The second kappa shape index (κ2) is 8.89. The van der Waals surface area contributed by atoms with Crippen molar-refractivity contribution in [1.82, 2.24) is 24.3 Å². The fraction of sp³-hybridized carbons (Fsp3) is 0.417. The first-order valence-corrected chi connectivity index (χ1v) is 10.6. The molecule has 1 fully saturated rings. The van der Waals surface area contributed by atoms with Crippen LogP contribution in [0.1, 0.15) is 19.0 Å². The number of piperazine rings is 1. The molecule has 1 atom stereocenters. The summed E-state index contributed by atoms with van der Waals surface area (Å²) in [5.74, 6) is 0. The van der Waals surface area contributed by atoms with Gasteiger partial charge in [0.2, 0.25) is 0 Å². The van der Waals surface area contributed by atoms with E-state index in [9.17, 15) is 0 Å². The average Bonchev–Trinajstić information content (AvgIpc) is 3.17. The Kier molecular flexibility index (Phi) is 6.07. The Labute approximate surface area is 174 Å². The van der Waals surface area contributed by atoms with E-state index in [4.69, 9.17) is 9.97 Å². The summed E-state index contributed by atoms with van der Waals surface area (Å²) in [4.78, 5) is 14.7. The minimum Gasteiger partial charge on any atom is -0.327 e. The minimum atomic E-state index is 0.505. The lowest BCUT2D eigenvalue weighted by Crippen LogP contribution is -2.50. The standard InChI is InChI=1S/C24H31N5/c1-4-21(28-15-13-27(3)14-16-28)17-29-18-25-23(20-10-6-5-7-11-20)24(29)22-12-8-9-19(2)26-22/h5-12,18,21H,4,13-17H2,1-3H3/t21-/m0/s1. The number of likely N-dealkylation sites (N-methyl/N-ethyl adjacent to an activating group) is 1. The Morgan fingerprint density at radius 2 is 1.72 bits per heavy atom. The topological polar surface area (TPSA) is 37.2 Å². The third-order valence-electron chi connectivity index (χ3n) is 5.95. The zero-order valence-corrected chi connectivity index (χ0v) is 17.8. The van der Waals surface area contributed by atoms with E-state index in [1.54, 1.807) is 0 Å². The summed E-state index contributed by atoms with van der Waals surface area (Å²) in [6.07, 6.45) is 3.13. The van der Waals surface area contributed by atoms with Crippen molar-refractivity contribution in [3.8, 4) is 22.6 Å². The number of aromatic nitrogens is 3. The van der Waals surface area contributed by atoms with Gasteiger partial charge in [0.15, 0.2) is 0 Å². The van der Waals surface area contributed by atoms with Gasteiger partial charge in [0, 0.05) is 50.0 Å². The van der Waals surface area contributed by atoms with Crippen LogP contribution in [0.3, 0.4) is 0 Å². The molecule has 0 unspecified atom stereocenters. The number of rotatable bonds is 6. The SMILES string of the molecule is CC[C@@H](Cn1cnc(-c2ccccc2)c1-c1cccc(C)n1)N1CCN(C)CC1. The Bertz CT molecular complexity index is 925. The van der Waals surface area contributed by atoms with Crippen molar-refractivity contribution in [3.05, 3.63) is 60.6 Å². The van der Waals surface area contributed by atoms with Crippen LogP contribution in [0.4, 0.5) is 0 Å². The van der Waals surface area contributed by atoms with Crippen LogP contribution in [0.25, 0.3) is 22.6 Å². The predicted molar refractivity (Wildman–Crippen MR) is 119 cm³/mol. The van der Waals surface area contributed by atoms with Crippen LogP contribution in [0.15, 0.2) is 54.9 Å². The van der Waals surface area contributed by atoms with E-state index >= 15 is 0 Å². The maximum absolute atomic E-state index is 4.84. The van der Waals surface area contributed by atoms with E-state index in [0.29, 0.717) is 6.04 Å². The van der Waals surface area contributed by atoms with E-state index in [1.165, 1.54) is 0 Å². The van der Waals surface area contributed by atoms with Crippen LogP contribution in [-0.4, -0.2) is 63.6 Å². The number of pyridine rings is 1. The molecular formula is C24H31N5. The molecule has 0 aliphatic carbocycles. The first kappa shape index (κ1) is 19.8. The number of imidazole rings is 1. The number of nitrogens with zero attached hydrogens (tertiary/aromatic N) is 5. The Hall–Kier alpha value is -2.50. The molecule has 0 radical (unpaired) electrons. The van der Waals surface area contributed by atoms with Gasteiger partial charge < -0.3 is 9.47 Å². The van der Waals surface area contributed by atoms with Crippen molar-refractivity contribution in [2.45, 2.75) is 32.9 Å². The zero-order chi connectivity index (χ0) is 20.2. The number of benzene rings is 1. The summed E-state index contributed by atoms with van der Waals surface area (Å²) in [5, 5.41) is 0. The van der Waals surface area contributed by atoms with Crippen molar-refractivity contribution in [2.24, 2.45) is 0 Å². The Morgan fingerprint density at radius 3 is 2.41 bits per heavy atom. The first-order valence-electron chi connectivity index (χ1n) is 10.6. The van der Waals surface area contributed by atoms with Gasteiger partial charge in [0.25, 0.3) is 0 Å². The zero-order valence-electron chi connectivity index (χ0n) is 17.8. The number of aryl methyl sites for hydroxylation is 1. The molecule has 5 nitrogen and oxygen atoms in total. The lowest BCUT2D eigenvalue weighted by Gasteiger charge is -2.38. The summed E-state index contributed by atoms with van der Waals surface area (Å²) in [6, 6.07) is 17.2. The Balaban J connectivity index is 1.70. The van der Waals surface area contributed by atoms with Crippen molar-refractivity contribution < 1.29 is 0 Å². The lowest BCUT2D eigenvalue weighted by molar-refractivity contribution is 0.100. The largest absolute Gasteiger partial charge is 0.327 e. The van der Waals surface area contributed by atoms with Crippen LogP contribution in [0.2, 0.25) is 0 Å². The maximum atomic E-state index is 4.84. The fourth-order valence-electron chi connectivity index (χ4n) is 4.19. The molecule has 1 aromatic carbocycles. The van der Waals surface area contributed by atoms with Crippen molar-refractivity contribution in [1.29, 1.82) is 0 Å². The minimum absolute atomic E-state index is 0.505. The molecule has 0 bridgehead atoms. The maximum Gasteiger partial charge on any atom is 0.0979 e. The van der Waals surface area contributed by atoms with Gasteiger partial charge in [-0.25, -0.2) is 4.98 Å². The molecule has 0 amide bonds.